The molecule has 2 N–H and O–H groups in total. The Morgan fingerprint density at radius 2 is 2.00 bits per heavy atom. The zero-order valence-electron chi connectivity index (χ0n) is 17.0. The molecule has 0 saturated carbocycles. The molecule has 1 amide bonds. The summed E-state index contributed by atoms with van der Waals surface area (Å²) in [5.74, 6) is 1.48. The lowest BCUT2D eigenvalue weighted by molar-refractivity contribution is -0.132. The fourth-order valence-corrected chi connectivity index (χ4v) is 4.60. The summed E-state index contributed by atoms with van der Waals surface area (Å²) < 4.78 is 5.49. The van der Waals surface area contributed by atoms with Crippen LogP contribution >= 0.6 is 0 Å². The van der Waals surface area contributed by atoms with E-state index >= 15 is 0 Å². The van der Waals surface area contributed by atoms with Crippen molar-refractivity contribution in [1.29, 1.82) is 0 Å². The lowest BCUT2D eigenvalue weighted by Gasteiger charge is -2.32. The first kappa shape index (κ1) is 19.9. The first-order valence-electron chi connectivity index (χ1n) is 10.7. The highest BCUT2D eigenvalue weighted by atomic mass is 16.5. The van der Waals surface area contributed by atoms with Crippen LogP contribution in [0.1, 0.15) is 43.2 Å². The molecule has 2 aliphatic rings. The number of benzene rings is 1. The highest BCUT2D eigenvalue weighted by Crippen LogP contribution is 2.31. The number of pyridine rings is 1. The normalized spacial score (nSPS) is 24.0. The van der Waals surface area contributed by atoms with Gasteiger partial charge >= 0.3 is 0 Å². The SMILES string of the molecule is CCOc1ccc(CCC(=O)N2CCCC2C2NNCC2c2ccncc2)cc1. The van der Waals surface area contributed by atoms with Gasteiger partial charge in [0, 0.05) is 49.9 Å². The third-order valence-electron chi connectivity index (χ3n) is 6.05. The molecular weight excluding hydrogens is 364 g/mol. The molecule has 6 heteroatoms. The topological polar surface area (TPSA) is 66.5 Å². The Kier molecular flexibility index (Phi) is 6.42. The summed E-state index contributed by atoms with van der Waals surface area (Å²) >= 11 is 0. The van der Waals surface area contributed by atoms with Crippen LogP contribution < -0.4 is 15.6 Å². The average molecular weight is 395 g/mol. The zero-order chi connectivity index (χ0) is 20.1. The average Bonchev–Trinajstić information content (AvgIpc) is 3.43. The fourth-order valence-electron chi connectivity index (χ4n) is 4.60. The summed E-state index contributed by atoms with van der Waals surface area (Å²) in [6.45, 7) is 4.37. The van der Waals surface area contributed by atoms with Crippen molar-refractivity contribution in [2.24, 2.45) is 0 Å². The molecule has 2 aliphatic heterocycles. The van der Waals surface area contributed by atoms with Gasteiger partial charge in [0.15, 0.2) is 0 Å². The van der Waals surface area contributed by atoms with Crippen molar-refractivity contribution in [1.82, 2.24) is 20.7 Å². The largest absolute Gasteiger partial charge is 0.494 e. The molecule has 4 rings (SSSR count). The molecule has 0 spiro atoms. The number of rotatable bonds is 7. The van der Waals surface area contributed by atoms with E-state index in [9.17, 15) is 4.79 Å². The molecule has 2 fully saturated rings. The van der Waals surface area contributed by atoms with E-state index in [1.54, 1.807) is 0 Å². The van der Waals surface area contributed by atoms with E-state index in [2.05, 4.69) is 45.0 Å². The number of hydrogen-bond donors (Lipinski definition) is 2. The number of nitrogens with one attached hydrogen (secondary N) is 2. The van der Waals surface area contributed by atoms with Gasteiger partial charge in [-0.1, -0.05) is 12.1 Å². The second-order valence-electron chi connectivity index (χ2n) is 7.81. The van der Waals surface area contributed by atoms with E-state index < -0.39 is 0 Å². The van der Waals surface area contributed by atoms with Crippen molar-refractivity contribution in [3.63, 3.8) is 0 Å². The van der Waals surface area contributed by atoms with Crippen LogP contribution in [-0.4, -0.2) is 47.6 Å². The zero-order valence-corrected chi connectivity index (χ0v) is 17.0. The standard InChI is InChI=1S/C23H30N4O2/c1-2-29-19-8-5-17(6-9-19)7-10-22(28)27-15-3-4-21(27)23-20(16-25-26-23)18-11-13-24-14-12-18/h5-6,8-9,11-14,20-21,23,25-26H,2-4,7,10,15-16H2,1H3. The van der Waals surface area contributed by atoms with Crippen molar-refractivity contribution < 1.29 is 9.53 Å². The third kappa shape index (κ3) is 4.60. The summed E-state index contributed by atoms with van der Waals surface area (Å²) in [6.07, 6.45) is 7.12. The van der Waals surface area contributed by atoms with Crippen LogP contribution in [0.25, 0.3) is 0 Å². The minimum Gasteiger partial charge on any atom is -0.494 e. The van der Waals surface area contributed by atoms with Crippen molar-refractivity contribution in [2.75, 3.05) is 19.7 Å². The molecule has 154 valence electrons. The Hall–Kier alpha value is -2.44. The van der Waals surface area contributed by atoms with E-state index in [1.165, 1.54) is 11.1 Å². The Morgan fingerprint density at radius 3 is 2.76 bits per heavy atom. The first-order valence-corrected chi connectivity index (χ1v) is 10.7. The molecule has 0 bridgehead atoms. The predicted octanol–water partition coefficient (Wildman–Crippen LogP) is 2.66. The molecular formula is C23H30N4O2. The van der Waals surface area contributed by atoms with Crippen LogP contribution in [0, 0.1) is 0 Å². The number of likely N-dealkylation sites (tertiary alicyclic amines) is 1. The Labute approximate surface area is 172 Å². The minimum atomic E-state index is 0.231. The molecule has 0 aliphatic carbocycles. The molecule has 3 unspecified atom stereocenters. The predicted molar refractivity (Wildman–Crippen MR) is 113 cm³/mol. The van der Waals surface area contributed by atoms with Crippen LogP contribution in [0.3, 0.4) is 0 Å². The molecule has 29 heavy (non-hydrogen) atoms. The summed E-state index contributed by atoms with van der Waals surface area (Å²) in [7, 11) is 0. The lowest BCUT2D eigenvalue weighted by atomic mass is 9.88. The maximum Gasteiger partial charge on any atom is 0.223 e. The second kappa shape index (κ2) is 9.37. The Bertz CT molecular complexity index is 796. The lowest BCUT2D eigenvalue weighted by Crippen LogP contribution is -2.49. The molecule has 1 aromatic heterocycles. The van der Waals surface area contributed by atoms with E-state index in [0.717, 1.165) is 38.1 Å². The van der Waals surface area contributed by atoms with Gasteiger partial charge in [-0.25, -0.2) is 0 Å². The molecule has 1 aromatic carbocycles. The summed E-state index contributed by atoms with van der Waals surface area (Å²) in [5, 5.41) is 0. The number of hydrogen-bond acceptors (Lipinski definition) is 5. The summed E-state index contributed by atoms with van der Waals surface area (Å²) in [6, 6.07) is 12.7. The van der Waals surface area contributed by atoms with Gasteiger partial charge < -0.3 is 9.64 Å². The Balaban J connectivity index is 1.38. The van der Waals surface area contributed by atoms with Gasteiger partial charge in [-0.05, 0) is 61.6 Å². The van der Waals surface area contributed by atoms with Gasteiger partial charge in [0.1, 0.15) is 5.75 Å². The quantitative estimate of drug-likeness (QED) is 0.756. The van der Waals surface area contributed by atoms with E-state index in [1.807, 2.05) is 31.5 Å². The van der Waals surface area contributed by atoms with E-state index in [0.29, 0.717) is 18.9 Å². The van der Waals surface area contributed by atoms with Crippen LogP contribution in [-0.2, 0) is 11.2 Å². The molecule has 2 aromatic rings. The van der Waals surface area contributed by atoms with Crippen LogP contribution in [0.4, 0.5) is 0 Å². The van der Waals surface area contributed by atoms with Crippen LogP contribution in [0.2, 0.25) is 0 Å². The number of nitrogens with zero attached hydrogens (tertiary/aromatic N) is 2. The molecule has 6 nitrogen and oxygen atoms in total. The van der Waals surface area contributed by atoms with Crippen LogP contribution in [0.5, 0.6) is 5.75 Å². The minimum absolute atomic E-state index is 0.231. The number of carbonyl (C=O) groups is 1. The summed E-state index contributed by atoms with van der Waals surface area (Å²) in [5.41, 5.74) is 9.20. The van der Waals surface area contributed by atoms with Gasteiger partial charge in [0.25, 0.3) is 0 Å². The van der Waals surface area contributed by atoms with Gasteiger partial charge in [-0.15, -0.1) is 0 Å². The van der Waals surface area contributed by atoms with Crippen molar-refractivity contribution in [3.05, 3.63) is 59.9 Å². The highest BCUT2D eigenvalue weighted by molar-refractivity contribution is 5.77. The van der Waals surface area contributed by atoms with Gasteiger partial charge in [0.2, 0.25) is 5.91 Å². The monoisotopic (exact) mass is 394 g/mol. The van der Waals surface area contributed by atoms with E-state index in [4.69, 9.17) is 4.74 Å². The smallest absolute Gasteiger partial charge is 0.223 e. The van der Waals surface area contributed by atoms with Crippen LogP contribution in [0.15, 0.2) is 48.8 Å². The fraction of sp³-hybridized carbons (Fsp3) is 0.478. The van der Waals surface area contributed by atoms with Gasteiger partial charge in [-0.3, -0.25) is 20.6 Å². The maximum atomic E-state index is 13.0. The maximum absolute atomic E-state index is 13.0. The Morgan fingerprint density at radius 1 is 1.21 bits per heavy atom. The molecule has 3 heterocycles. The number of ether oxygens (including phenoxy) is 1. The van der Waals surface area contributed by atoms with E-state index in [-0.39, 0.29) is 18.0 Å². The second-order valence-corrected chi connectivity index (χ2v) is 7.81. The van der Waals surface area contributed by atoms with Gasteiger partial charge in [-0.2, -0.15) is 0 Å². The van der Waals surface area contributed by atoms with Crippen molar-refractivity contribution >= 4 is 5.91 Å². The summed E-state index contributed by atoms with van der Waals surface area (Å²) in [4.78, 5) is 19.3. The number of amides is 1. The molecule has 2 saturated heterocycles. The highest BCUT2D eigenvalue weighted by Gasteiger charge is 2.41. The molecule has 3 atom stereocenters. The number of aromatic nitrogens is 1. The number of hydrazine groups is 1. The first-order chi connectivity index (χ1) is 14.3. The van der Waals surface area contributed by atoms with Crippen molar-refractivity contribution in [2.45, 2.75) is 50.6 Å². The number of carbonyl (C=O) groups excluding carboxylic acids is 1. The van der Waals surface area contributed by atoms with Crippen molar-refractivity contribution in [3.8, 4) is 5.75 Å². The third-order valence-corrected chi connectivity index (χ3v) is 6.05. The number of aryl methyl sites for hydroxylation is 1. The molecule has 0 radical (unpaired) electrons. The van der Waals surface area contributed by atoms with Gasteiger partial charge in [0.05, 0.1) is 6.61 Å².